The lowest BCUT2D eigenvalue weighted by atomic mass is 10.3. The maximum Gasteiger partial charge on any atom is 0.445 e. The Balaban J connectivity index is 1.90. The number of benzene rings is 3. The van der Waals surface area contributed by atoms with Crippen LogP contribution in [0.4, 0.5) is 0 Å². The van der Waals surface area contributed by atoms with Gasteiger partial charge >= 0.3 is 7.60 Å². The van der Waals surface area contributed by atoms with Crippen molar-refractivity contribution in [1.29, 1.82) is 5.26 Å². The van der Waals surface area contributed by atoms with Crippen molar-refractivity contribution in [3.05, 3.63) is 91.0 Å². The highest BCUT2D eigenvalue weighted by Gasteiger charge is 2.33. The molecule has 0 bridgehead atoms. The van der Waals surface area contributed by atoms with Crippen LogP contribution in [0.5, 0.6) is 11.5 Å². The molecule has 29 heavy (non-hydrogen) atoms. The van der Waals surface area contributed by atoms with Crippen LogP contribution in [0.1, 0.15) is 0 Å². The maximum atomic E-state index is 13.7. The van der Waals surface area contributed by atoms with Gasteiger partial charge in [0.2, 0.25) is 0 Å². The largest absolute Gasteiger partial charge is 0.445 e. The zero-order valence-electron chi connectivity index (χ0n) is 15.5. The predicted molar refractivity (Wildman–Crippen MR) is 118 cm³/mol. The molecule has 5 nitrogen and oxygen atoms in total. The fourth-order valence-corrected chi connectivity index (χ4v) is 6.63. The summed E-state index contributed by atoms with van der Waals surface area (Å²) in [5.41, 5.74) is 0. The molecule has 0 aliphatic rings. The van der Waals surface area contributed by atoms with Gasteiger partial charge in [0, 0.05) is 4.90 Å². The van der Waals surface area contributed by atoms with Crippen molar-refractivity contribution in [1.82, 2.24) is 4.31 Å². The van der Waals surface area contributed by atoms with Gasteiger partial charge in [0.1, 0.15) is 17.8 Å². The first-order valence-corrected chi connectivity index (χ1v) is 12.6. The van der Waals surface area contributed by atoms with Crippen LogP contribution >= 0.6 is 7.60 Å². The third-order valence-corrected chi connectivity index (χ3v) is 8.20. The van der Waals surface area contributed by atoms with Crippen molar-refractivity contribution in [2.45, 2.75) is 4.90 Å². The molecule has 0 aromatic heterocycles. The van der Waals surface area contributed by atoms with Gasteiger partial charge in [-0.3, -0.25) is 0 Å². The lowest BCUT2D eigenvalue weighted by Crippen LogP contribution is -2.29. The van der Waals surface area contributed by atoms with E-state index in [4.69, 9.17) is 20.2 Å². The predicted octanol–water partition coefficient (Wildman–Crippen LogP) is 5.17. The van der Waals surface area contributed by atoms with Gasteiger partial charge in [-0.05, 0) is 57.2 Å². The summed E-state index contributed by atoms with van der Waals surface area (Å²) in [7, 11) is -4.58. The highest BCUT2D eigenvalue weighted by atomic mass is 32.8. The zero-order valence-corrected chi connectivity index (χ0v) is 18.0. The summed E-state index contributed by atoms with van der Waals surface area (Å²) < 4.78 is 27.0. The third-order valence-electron chi connectivity index (χ3n) is 3.73. The number of para-hydroxylation sites is 2. The van der Waals surface area contributed by atoms with Gasteiger partial charge in [0.05, 0.1) is 12.6 Å². The molecule has 1 atom stereocenters. The lowest BCUT2D eigenvalue weighted by molar-refractivity contribution is 0.368. The molecule has 1 unspecified atom stereocenters. The molecule has 0 radical (unpaired) electrons. The topological polar surface area (TPSA) is 62.6 Å². The highest BCUT2D eigenvalue weighted by Crippen LogP contribution is 2.49. The zero-order chi connectivity index (χ0) is 20.5. The lowest BCUT2D eigenvalue weighted by Gasteiger charge is -2.26. The molecule has 3 rings (SSSR count). The molecule has 0 N–H and O–H groups in total. The van der Waals surface area contributed by atoms with Crippen molar-refractivity contribution in [2.75, 3.05) is 12.8 Å². The molecule has 3 aromatic rings. The van der Waals surface area contributed by atoms with E-state index in [1.165, 1.54) is 0 Å². The average molecular weight is 443 g/mol. The van der Waals surface area contributed by atoms with Gasteiger partial charge in [-0.1, -0.05) is 54.6 Å². The molecule has 0 spiro atoms. The van der Waals surface area contributed by atoms with Crippen LogP contribution in [0.2, 0.25) is 0 Å². The Morgan fingerprint density at radius 1 is 0.862 bits per heavy atom. The van der Waals surface area contributed by atoms with Crippen molar-refractivity contribution in [2.24, 2.45) is 0 Å². The Morgan fingerprint density at radius 2 is 1.31 bits per heavy atom. The Labute approximate surface area is 177 Å². The van der Waals surface area contributed by atoms with E-state index in [9.17, 15) is 9.83 Å². The SMILES string of the molecule is N#CCN(CP(=O)(Oc1ccccc1)Oc1ccccc1)S(=S)c1ccccc1. The first-order valence-electron chi connectivity index (χ1n) is 8.77. The summed E-state index contributed by atoms with van der Waals surface area (Å²) in [6, 6.07) is 29.2. The van der Waals surface area contributed by atoms with Gasteiger partial charge in [-0.25, -0.2) is 8.87 Å². The van der Waals surface area contributed by atoms with E-state index in [-0.39, 0.29) is 12.8 Å². The van der Waals surface area contributed by atoms with E-state index in [1.807, 2.05) is 42.5 Å². The molecule has 8 heteroatoms. The molecule has 0 saturated carbocycles. The van der Waals surface area contributed by atoms with E-state index in [0.29, 0.717) is 11.5 Å². The van der Waals surface area contributed by atoms with Gasteiger partial charge in [-0.15, -0.1) is 0 Å². The van der Waals surface area contributed by atoms with Crippen molar-refractivity contribution in [3.8, 4) is 17.6 Å². The number of hydrogen-bond acceptors (Lipinski definition) is 5. The number of rotatable bonds is 9. The summed E-state index contributed by atoms with van der Waals surface area (Å²) in [6.45, 7) is 0.00178. The summed E-state index contributed by atoms with van der Waals surface area (Å²) in [5, 5.41) is 9.30. The van der Waals surface area contributed by atoms with Crippen LogP contribution in [0, 0.1) is 11.3 Å². The first kappa shape index (κ1) is 21.2. The van der Waals surface area contributed by atoms with E-state index >= 15 is 0 Å². The Morgan fingerprint density at radius 3 is 1.76 bits per heavy atom. The smallest absolute Gasteiger partial charge is 0.415 e. The number of nitrogens with zero attached hydrogens (tertiary/aromatic N) is 2. The Bertz CT molecular complexity index is 983. The van der Waals surface area contributed by atoms with Crippen LogP contribution in [0.3, 0.4) is 0 Å². The fraction of sp³-hybridized carbons (Fsp3) is 0.0952. The molecule has 0 heterocycles. The molecule has 0 saturated heterocycles. The van der Waals surface area contributed by atoms with E-state index in [0.717, 1.165) is 4.90 Å². The van der Waals surface area contributed by atoms with Crippen molar-refractivity contribution < 1.29 is 13.6 Å². The van der Waals surface area contributed by atoms with Crippen LogP contribution in [0.25, 0.3) is 0 Å². The molecular weight excluding hydrogens is 423 g/mol. The minimum atomic E-state index is -3.71. The van der Waals surface area contributed by atoms with Crippen LogP contribution < -0.4 is 9.05 Å². The third kappa shape index (κ3) is 6.25. The van der Waals surface area contributed by atoms with Crippen LogP contribution in [-0.2, 0) is 25.4 Å². The summed E-state index contributed by atoms with van der Waals surface area (Å²) in [6.07, 6.45) is -0.119. The molecule has 0 aliphatic carbocycles. The van der Waals surface area contributed by atoms with E-state index in [2.05, 4.69) is 6.07 Å². The Kier molecular flexibility index (Phi) is 7.56. The second-order valence-electron chi connectivity index (χ2n) is 5.92. The van der Waals surface area contributed by atoms with Crippen molar-refractivity contribution >= 4 is 28.4 Å². The second kappa shape index (κ2) is 10.3. The van der Waals surface area contributed by atoms with Gasteiger partial charge < -0.3 is 9.05 Å². The summed E-state index contributed by atoms with van der Waals surface area (Å²) in [5.74, 6) is 0.847. The molecule has 0 amide bonds. The minimum Gasteiger partial charge on any atom is -0.415 e. The highest BCUT2D eigenvalue weighted by molar-refractivity contribution is 8.27. The second-order valence-corrected chi connectivity index (χ2v) is 10.2. The van der Waals surface area contributed by atoms with Gasteiger partial charge in [0.15, 0.2) is 0 Å². The molecule has 0 fully saturated rings. The van der Waals surface area contributed by atoms with Crippen molar-refractivity contribution in [3.63, 3.8) is 0 Å². The Hall–Kier alpha value is -2.49. The molecule has 3 aromatic carbocycles. The summed E-state index contributed by atoms with van der Waals surface area (Å²) in [4.78, 5) is 0.865. The maximum absolute atomic E-state index is 13.7. The fourth-order valence-electron chi connectivity index (χ4n) is 2.48. The van der Waals surface area contributed by atoms with Gasteiger partial charge in [0.25, 0.3) is 0 Å². The monoisotopic (exact) mass is 442 g/mol. The molecule has 148 valence electrons. The molecular formula is C21H19N2O3PS2. The van der Waals surface area contributed by atoms with Gasteiger partial charge in [-0.2, -0.15) is 5.26 Å². The van der Waals surface area contributed by atoms with Crippen LogP contribution in [-0.4, -0.2) is 17.1 Å². The quantitative estimate of drug-likeness (QED) is 0.336. The first-order chi connectivity index (χ1) is 14.1. The van der Waals surface area contributed by atoms with E-state index < -0.39 is 17.2 Å². The number of hydrogen-bond donors (Lipinski definition) is 0. The van der Waals surface area contributed by atoms with E-state index in [1.54, 1.807) is 52.8 Å². The normalized spacial score (nSPS) is 12.1. The standard InChI is InChI=1S/C21H19N2O3PS2/c22-16-17-23(29(28)21-14-8-3-9-15-21)18-27(24,25-19-10-4-1-5-11-19)26-20-12-6-2-7-13-20/h1-15H,17-18H2. The number of nitriles is 1. The average Bonchev–Trinajstić information content (AvgIpc) is 2.75. The summed E-state index contributed by atoms with van der Waals surface area (Å²) >= 11 is 5.66. The molecule has 0 aliphatic heterocycles. The minimum absolute atomic E-state index is 0.00178. The van der Waals surface area contributed by atoms with Crippen LogP contribution in [0.15, 0.2) is 95.9 Å².